The molecule has 0 bridgehead atoms. The number of amides is 2. The molecule has 49 heavy (non-hydrogen) atoms. The summed E-state index contributed by atoms with van der Waals surface area (Å²) in [5, 5.41) is 15.2. The molecule has 0 spiro atoms. The number of likely N-dealkylation sites (N-methyl/N-ethyl adjacent to an activating group) is 1. The number of pyridine rings is 1. The minimum absolute atomic E-state index is 0.148. The molecule has 264 valence electrons. The number of carbonyl (C=O) groups is 1. The van der Waals surface area contributed by atoms with Crippen molar-refractivity contribution in [3.05, 3.63) is 65.5 Å². The zero-order valence-electron chi connectivity index (χ0n) is 29.9. The van der Waals surface area contributed by atoms with Gasteiger partial charge < -0.3 is 25.6 Å². The van der Waals surface area contributed by atoms with E-state index in [1.54, 1.807) is 6.08 Å². The van der Waals surface area contributed by atoms with E-state index < -0.39 is 0 Å². The Morgan fingerprint density at radius 1 is 1.02 bits per heavy atom. The van der Waals surface area contributed by atoms with Crippen LogP contribution in [0.25, 0.3) is 5.65 Å². The van der Waals surface area contributed by atoms with Gasteiger partial charge in [-0.3, -0.25) is 19.6 Å². The van der Waals surface area contributed by atoms with E-state index in [2.05, 4.69) is 82.4 Å². The van der Waals surface area contributed by atoms with E-state index in [1.165, 1.54) is 6.42 Å². The summed E-state index contributed by atoms with van der Waals surface area (Å²) in [6.45, 7) is 15.0. The van der Waals surface area contributed by atoms with Crippen LogP contribution in [0.3, 0.4) is 0 Å². The Hall–Kier alpha value is -4.16. The maximum Gasteiger partial charge on any atom is 0.320 e. The quantitative estimate of drug-likeness (QED) is 0.228. The summed E-state index contributed by atoms with van der Waals surface area (Å²) < 4.78 is 8.70. The Morgan fingerprint density at radius 2 is 1.80 bits per heavy atom. The molecule has 2 amide bonds. The number of amidine groups is 1. The van der Waals surface area contributed by atoms with E-state index >= 15 is 0 Å². The van der Waals surface area contributed by atoms with Gasteiger partial charge >= 0.3 is 6.03 Å². The van der Waals surface area contributed by atoms with Crippen LogP contribution >= 0.6 is 0 Å². The second-order valence-corrected chi connectivity index (χ2v) is 14.9. The molecular formula is C37H54N10O2. The van der Waals surface area contributed by atoms with Gasteiger partial charge in [0.05, 0.1) is 18.8 Å². The highest BCUT2D eigenvalue weighted by Crippen LogP contribution is 2.39. The molecule has 2 aliphatic heterocycles. The van der Waals surface area contributed by atoms with Gasteiger partial charge in [-0.2, -0.15) is 0 Å². The minimum atomic E-state index is -0.298. The average Bonchev–Trinajstić information content (AvgIpc) is 3.49. The van der Waals surface area contributed by atoms with Crippen molar-refractivity contribution in [2.24, 2.45) is 16.1 Å². The molecule has 3 aliphatic rings. The number of hydrogen-bond donors (Lipinski definition) is 3. The number of nitrogens with one attached hydrogen (secondary N) is 2. The lowest BCUT2D eigenvalue weighted by molar-refractivity contribution is 0.157. The molecule has 6 rings (SSSR count). The number of nitrogens with two attached hydrogens (primary N) is 1. The topological polar surface area (TPSA) is 129 Å². The van der Waals surface area contributed by atoms with Crippen molar-refractivity contribution in [1.82, 2.24) is 35.0 Å². The molecule has 1 aromatic carbocycles. The number of ether oxygens (including phenoxy) is 1. The average molecular weight is 671 g/mol. The molecule has 3 atom stereocenters. The first-order chi connectivity index (χ1) is 23.5. The molecule has 3 aromatic rings. The summed E-state index contributed by atoms with van der Waals surface area (Å²) >= 11 is 0. The number of fused-ring (bicyclic) bond motifs is 2. The molecule has 4 heterocycles. The maximum absolute atomic E-state index is 13.5. The second-order valence-electron chi connectivity index (χ2n) is 14.9. The van der Waals surface area contributed by atoms with Crippen LogP contribution in [-0.4, -0.2) is 95.2 Å². The first-order valence-electron chi connectivity index (χ1n) is 17.9. The number of aromatic nitrogens is 3. The van der Waals surface area contributed by atoms with Crippen LogP contribution in [0.1, 0.15) is 83.1 Å². The number of rotatable bonds is 8. The number of anilines is 1. The predicted molar refractivity (Wildman–Crippen MR) is 195 cm³/mol. The number of hydrogen-bond acceptors (Lipinski definition) is 9. The highest BCUT2D eigenvalue weighted by Gasteiger charge is 2.30. The fraction of sp³-hybridized carbons (Fsp3) is 0.568. The maximum atomic E-state index is 13.5. The smallest absolute Gasteiger partial charge is 0.320 e. The fourth-order valence-corrected chi connectivity index (χ4v) is 6.89. The Morgan fingerprint density at radius 3 is 2.55 bits per heavy atom. The summed E-state index contributed by atoms with van der Waals surface area (Å²) in [7, 11) is 2.15. The molecule has 12 nitrogen and oxygen atoms in total. The fourth-order valence-electron chi connectivity index (χ4n) is 6.89. The number of aliphatic imine (C=N–C) groups is 1. The lowest BCUT2D eigenvalue weighted by Gasteiger charge is -2.33. The van der Waals surface area contributed by atoms with Gasteiger partial charge in [0.25, 0.3) is 0 Å². The Kier molecular flexibility index (Phi) is 10.7. The van der Waals surface area contributed by atoms with E-state index in [1.807, 2.05) is 34.9 Å². The van der Waals surface area contributed by atoms with Crippen molar-refractivity contribution in [2.75, 3.05) is 57.8 Å². The molecule has 2 saturated heterocycles. The zero-order chi connectivity index (χ0) is 34.5. The van der Waals surface area contributed by atoms with Crippen molar-refractivity contribution in [3.63, 3.8) is 0 Å². The van der Waals surface area contributed by atoms with Crippen LogP contribution in [0.5, 0.6) is 5.75 Å². The first kappa shape index (κ1) is 34.7. The minimum Gasteiger partial charge on any atom is -0.484 e. The third-order valence-electron chi connectivity index (χ3n) is 10.1. The van der Waals surface area contributed by atoms with Crippen molar-refractivity contribution in [2.45, 2.75) is 78.0 Å². The van der Waals surface area contributed by atoms with Gasteiger partial charge in [-0.25, -0.2) is 4.79 Å². The summed E-state index contributed by atoms with van der Waals surface area (Å²) in [4.78, 5) is 25.4. The number of allylic oxidation sites excluding steroid dienone is 1. The third kappa shape index (κ3) is 8.53. The standard InChI is InChI=1S/C37H54N10O2/c1-26-10-8-9-18-46(26)36-43-42-34-16-13-27(25-47(34)36)49-31-15-14-30(28-11-6-7-12-29(28)31)40-35(48)41-33(24-32(38)37(2,3)4)39-17-19-45-22-20-44(5)21-23-45/h6-7,11-13,16,24-26,30-31H,8-10,14-15,17-23,38H2,1-5H3,(H2,39,40,41,48)/t26-,30-,31+/m0/s1. The number of nitrogens with zero attached hydrogens (tertiary/aromatic N) is 7. The van der Waals surface area contributed by atoms with Crippen molar-refractivity contribution < 1.29 is 9.53 Å². The molecule has 0 radical (unpaired) electrons. The van der Waals surface area contributed by atoms with Crippen LogP contribution in [0, 0.1) is 5.41 Å². The summed E-state index contributed by atoms with van der Waals surface area (Å²) in [5.74, 6) is 2.11. The lowest BCUT2D eigenvalue weighted by Crippen LogP contribution is -2.45. The van der Waals surface area contributed by atoms with E-state index in [4.69, 9.17) is 15.5 Å². The van der Waals surface area contributed by atoms with E-state index in [0.717, 1.165) is 93.4 Å². The van der Waals surface area contributed by atoms with Crippen molar-refractivity contribution in [1.29, 1.82) is 0 Å². The van der Waals surface area contributed by atoms with Crippen LogP contribution < -0.4 is 26.0 Å². The van der Waals surface area contributed by atoms with Gasteiger partial charge in [-0.05, 0) is 75.4 Å². The largest absolute Gasteiger partial charge is 0.484 e. The Labute approximate surface area is 290 Å². The summed E-state index contributed by atoms with van der Waals surface area (Å²) in [6, 6.07) is 12.1. The van der Waals surface area contributed by atoms with Crippen LogP contribution in [0.2, 0.25) is 0 Å². The Bertz CT molecular complexity index is 1650. The van der Waals surface area contributed by atoms with Crippen molar-refractivity contribution in [3.8, 4) is 5.75 Å². The SMILES string of the molecule is C[C@H]1CCCCN1c1nnc2ccc(O[C@@H]3CC[C@H](NC(=O)NC(C=C(N)C(C)(C)C)=NCCN4CCN(C)CC4)c4ccccc43)cn12. The molecular weight excluding hydrogens is 616 g/mol. The van der Waals surface area contributed by atoms with E-state index in [9.17, 15) is 4.79 Å². The first-order valence-corrected chi connectivity index (χ1v) is 17.9. The van der Waals surface area contributed by atoms with Crippen LogP contribution in [-0.2, 0) is 0 Å². The monoisotopic (exact) mass is 670 g/mol. The van der Waals surface area contributed by atoms with Gasteiger partial charge in [-0.15, -0.1) is 10.2 Å². The van der Waals surface area contributed by atoms with Gasteiger partial charge in [0.2, 0.25) is 5.95 Å². The lowest BCUT2D eigenvalue weighted by atomic mass is 9.85. The highest BCUT2D eigenvalue weighted by atomic mass is 16.5. The zero-order valence-corrected chi connectivity index (χ0v) is 29.9. The number of benzene rings is 1. The molecule has 4 N–H and O–H groups in total. The second kappa shape index (κ2) is 15.2. The summed E-state index contributed by atoms with van der Waals surface area (Å²) in [5.41, 5.74) is 9.78. The van der Waals surface area contributed by atoms with Gasteiger partial charge in [0.15, 0.2) is 5.65 Å². The number of carbonyl (C=O) groups excluding carboxylic acids is 1. The normalized spacial score (nSPS) is 23.0. The third-order valence-corrected chi connectivity index (χ3v) is 10.1. The van der Waals surface area contributed by atoms with Gasteiger partial charge in [0.1, 0.15) is 17.7 Å². The van der Waals surface area contributed by atoms with Gasteiger partial charge in [0, 0.05) is 56.4 Å². The molecule has 0 saturated carbocycles. The van der Waals surface area contributed by atoms with Crippen LogP contribution in [0.15, 0.2) is 59.4 Å². The van der Waals surface area contributed by atoms with Gasteiger partial charge in [-0.1, -0.05) is 45.0 Å². The van der Waals surface area contributed by atoms with E-state index in [-0.39, 0.29) is 23.6 Å². The molecule has 12 heteroatoms. The number of urea groups is 1. The van der Waals surface area contributed by atoms with E-state index in [0.29, 0.717) is 24.1 Å². The Balaban J connectivity index is 1.13. The summed E-state index contributed by atoms with van der Waals surface area (Å²) in [6.07, 6.45) is 8.70. The molecule has 2 fully saturated rings. The molecule has 2 aromatic heterocycles. The molecule has 0 unspecified atom stereocenters. The highest BCUT2D eigenvalue weighted by molar-refractivity contribution is 6.04. The molecule has 1 aliphatic carbocycles. The number of piperidine rings is 1. The number of piperazine rings is 1. The van der Waals surface area contributed by atoms with Crippen molar-refractivity contribution >= 4 is 23.5 Å². The predicted octanol–water partition coefficient (Wildman–Crippen LogP) is 4.90. The van der Waals surface area contributed by atoms with Crippen LogP contribution in [0.4, 0.5) is 10.7 Å².